The summed E-state index contributed by atoms with van der Waals surface area (Å²) >= 11 is 1.80. The molecule has 1 aliphatic heterocycles. The van der Waals surface area contributed by atoms with Gasteiger partial charge in [0, 0.05) is 37.7 Å². The van der Waals surface area contributed by atoms with Crippen LogP contribution >= 0.6 is 35.7 Å². The first-order chi connectivity index (χ1) is 13.1. The van der Waals surface area contributed by atoms with Crippen molar-refractivity contribution < 1.29 is 13.2 Å². The molecule has 160 valence electrons. The van der Waals surface area contributed by atoms with E-state index in [9.17, 15) is 8.42 Å². The number of nitrogens with zero attached hydrogens (tertiary/aromatic N) is 2. The molecule has 0 atom stereocenters. The van der Waals surface area contributed by atoms with Crippen LogP contribution in [0.5, 0.6) is 5.75 Å². The minimum Gasteiger partial charge on any atom is -0.496 e. The number of ether oxygens (including phenoxy) is 1. The molecule has 28 heavy (non-hydrogen) atoms. The van der Waals surface area contributed by atoms with E-state index >= 15 is 0 Å². The molecule has 0 spiro atoms. The van der Waals surface area contributed by atoms with Gasteiger partial charge in [-0.25, -0.2) is 12.7 Å². The summed E-state index contributed by atoms with van der Waals surface area (Å²) in [6, 6.07) is 7.91. The van der Waals surface area contributed by atoms with Gasteiger partial charge >= 0.3 is 0 Å². The molecule has 7 nitrogen and oxygen atoms in total. The van der Waals surface area contributed by atoms with Crippen molar-refractivity contribution in [1.29, 1.82) is 0 Å². The van der Waals surface area contributed by atoms with Crippen LogP contribution < -0.4 is 15.4 Å². The minimum absolute atomic E-state index is 0. The van der Waals surface area contributed by atoms with Crippen LogP contribution in [0.15, 0.2) is 29.3 Å². The predicted octanol–water partition coefficient (Wildman–Crippen LogP) is 1.79. The van der Waals surface area contributed by atoms with Gasteiger partial charge in [-0.05, 0) is 25.0 Å². The van der Waals surface area contributed by atoms with Crippen molar-refractivity contribution in [2.24, 2.45) is 4.99 Å². The number of rotatable bonds is 9. The summed E-state index contributed by atoms with van der Waals surface area (Å²) in [7, 11) is -1.56. The van der Waals surface area contributed by atoms with E-state index in [2.05, 4.69) is 15.6 Å². The zero-order valence-corrected chi connectivity index (χ0v) is 20.5. The quantitative estimate of drug-likeness (QED) is 0.282. The van der Waals surface area contributed by atoms with Crippen molar-refractivity contribution in [3.63, 3.8) is 0 Å². The number of guanidine groups is 1. The predicted molar refractivity (Wildman–Crippen MR) is 129 cm³/mol. The van der Waals surface area contributed by atoms with Crippen molar-refractivity contribution in [3.05, 3.63) is 29.8 Å². The number of benzene rings is 1. The topological polar surface area (TPSA) is 83.0 Å². The lowest BCUT2D eigenvalue weighted by atomic mass is 10.1. The summed E-state index contributed by atoms with van der Waals surface area (Å²) in [5.74, 6) is 3.29. The van der Waals surface area contributed by atoms with E-state index in [-0.39, 0.29) is 36.3 Å². The van der Waals surface area contributed by atoms with Crippen LogP contribution in [0, 0.1) is 0 Å². The molecule has 0 aliphatic carbocycles. The van der Waals surface area contributed by atoms with Gasteiger partial charge in [0.2, 0.25) is 10.0 Å². The maximum atomic E-state index is 12.4. The van der Waals surface area contributed by atoms with Crippen molar-refractivity contribution >= 4 is 51.7 Å². The number of halogens is 1. The Balaban J connectivity index is 0.00000392. The van der Waals surface area contributed by atoms with E-state index in [1.165, 1.54) is 0 Å². The Labute approximate surface area is 190 Å². The van der Waals surface area contributed by atoms with E-state index in [1.807, 2.05) is 31.2 Å². The number of sulfonamides is 1. The third-order valence-corrected chi connectivity index (χ3v) is 7.00. The highest BCUT2D eigenvalue weighted by molar-refractivity contribution is 14.0. The van der Waals surface area contributed by atoms with Gasteiger partial charge in [0.25, 0.3) is 0 Å². The van der Waals surface area contributed by atoms with Gasteiger partial charge in [0.15, 0.2) is 5.96 Å². The molecule has 1 aromatic carbocycles. The molecule has 0 unspecified atom stereocenters. The van der Waals surface area contributed by atoms with E-state index in [1.54, 1.807) is 23.2 Å². The summed E-state index contributed by atoms with van der Waals surface area (Å²) < 4.78 is 31.7. The van der Waals surface area contributed by atoms with Crippen LogP contribution in [-0.2, 0) is 16.4 Å². The first-order valence-electron chi connectivity index (χ1n) is 9.26. The molecule has 1 heterocycles. The van der Waals surface area contributed by atoms with Crippen molar-refractivity contribution in [2.75, 3.05) is 57.1 Å². The highest BCUT2D eigenvalue weighted by Crippen LogP contribution is 2.17. The van der Waals surface area contributed by atoms with Crippen LogP contribution in [0.3, 0.4) is 0 Å². The Morgan fingerprint density at radius 3 is 2.64 bits per heavy atom. The molecule has 0 aromatic heterocycles. The number of thioether (sulfide) groups is 1. The fourth-order valence-electron chi connectivity index (χ4n) is 2.79. The van der Waals surface area contributed by atoms with Gasteiger partial charge in [-0.15, -0.1) is 24.0 Å². The average Bonchev–Trinajstić information content (AvgIpc) is 2.69. The van der Waals surface area contributed by atoms with Crippen LogP contribution in [-0.4, -0.2) is 75.8 Å². The van der Waals surface area contributed by atoms with E-state index in [4.69, 9.17) is 4.74 Å². The first-order valence-corrected chi connectivity index (χ1v) is 12.0. The van der Waals surface area contributed by atoms with Gasteiger partial charge in [-0.3, -0.25) is 4.99 Å². The summed E-state index contributed by atoms with van der Waals surface area (Å²) in [4.78, 5) is 4.42. The second-order valence-electron chi connectivity index (χ2n) is 6.08. The van der Waals surface area contributed by atoms with Crippen LogP contribution in [0.25, 0.3) is 0 Å². The largest absolute Gasteiger partial charge is 0.496 e. The second-order valence-corrected chi connectivity index (χ2v) is 9.39. The summed E-state index contributed by atoms with van der Waals surface area (Å²) in [6.45, 7) is 4.84. The molecule has 1 fully saturated rings. The molecular formula is C18H31IN4O3S2. The van der Waals surface area contributed by atoms with Gasteiger partial charge in [-0.2, -0.15) is 11.8 Å². The lowest BCUT2D eigenvalue weighted by Gasteiger charge is -2.25. The Morgan fingerprint density at radius 1 is 1.25 bits per heavy atom. The van der Waals surface area contributed by atoms with E-state index < -0.39 is 10.0 Å². The fraction of sp³-hybridized carbons (Fsp3) is 0.611. The Morgan fingerprint density at radius 2 is 1.96 bits per heavy atom. The molecule has 0 bridgehead atoms. The highest BCUT2D eigenvalue weighted by atomic mass is 127. The maximum absolute atomic E-state index is 12.4. The molecule has 0 amide bonds. The standard InChI is InChI=1S/C18H30N4O3S2.HI/c1-3-19-18(20-9-8-16-6-4-5-7-17(16)25-2)21-10-15-27(23,24)22-11-13-26-14-12-22;/h4-7H,3,8-15H2,1-2H3,(H2,19,20,21);1H. The van der Waals surface area contributed by atoms with Crippen molar-refractivity contribution in [3.8, 4) is 5.75 Å². The summed E-state index contributed by atoms with van der Waals surface area (Å²) in [5.41, 5.74) is 1.12. The van der Waals surface area contributed by atoms with Gasteiger partial charge in [0.05, 0.1) is 19.4 Å². The fourth-order valence-corrected chi connectivity index (χ4v) is 5.25. The van der Waals surface area contributed by atoms with Crippen molar-refractivity contribution in [2.45, 2.75) is 13.3 Å². The third-order valence-electron chi connectivity index (χ3n) is 4.21. The number of nitrogens with one attached hydrogen (secondary N) is 2. The molecule has 1 saturated heterocycles. The number of methoxy groups -OCH3 is 1. The zero-order valence-electron chi connectivity index (χ0n) is 16.5. The molecule has 10 heteroatoms. The molecule has 1 aromatic rings. The van der Waals surface area contributed by atoms with Crippen LogP contribution in [0.1, 0.15) is 12.5 Å². The Hall–Kier alpha value is -0.720. The van der Waals surface area contributed by atoms with Crippen LogP contribution in [0.2, 0.25) is 0 Å². The monoisotopic (exact) mass is 542 g/mol. The smallest absolute Gasteiger partial charge is 0.215 e. The summed E-state index contributed by atoms with van der Waals surface area (Å²) in [6.07, 6.45) is 0.790. The normalized spacial score (nSPS) is 15.6. The summed E-state index contributed by atoms with van der Waals surface area (Å²) in [5, 5.41) is 6.42. The molecule has 0 radical (unpaired) electrons. The Kier molecular flexibility index (Phi) is 12.2. The lowest BCUT2D eigenvalue weighted by Crippen LogP contribution is -2.41. The Bertz CT molecular complexity index is 711. The number of hydrogen-bond donors (Lipinski definition) is 2. The molecule has 2 rings (SSSR count). The highest BCUT2D eigenvalue weighted by Gasteiger charge is 2.23. The van der Waals surface area contributed by atoms with E-state index in [0.717, 1.165) is 35.8 Å². The molecule has 2 N–H and O–H groups in total. The van der Waals surface area contributed by atoms with Gasteiger partial charge in [-0.1, -0.05) is 18.2 Å². The number of hydrogen-bond acceptors (Lipinski definition) is 5. The van der Waals surface area contributed by atoms with E-state index in [0.29, 0.717) is 25.6 Å². The van der Waals surface area contributed by atoms with Crippen LogP contribution in [0.4, 0.5) is 0 Å². The van der Waals surface area contributed by atoms with Gasteiger partial charge < -0.3 is 15.4 Å². The number of para-hydroxylation sites is 1. The van der Waals surface area contributed by atoms with Gasteiger partial charge in [0.1, 0.15) is 5.75 Å². The second kappa shape index (κ2) is 13.5. The third kappa shape index (κ3) is 8.34. The molecular weight excluding hydrogens is 511 g/mol. The molecule has 0 saturated carbocycles. The maximum Gasteiger partial charge on any atom is 0.215 e. The van der Waals surface area contributed by atoms with Crippen molar-refractivity contribution in [1.82, 2.24) is 14.9 Å². The SMILES string of the molecule is CCNC(=NCCS(=O)(=O)N1CCSCC1)NCCc1ccccc1OC.I. The average molecular weight is 543 g/mol. The minimum atomic E-state index is -3.23. The lowest BCUT2D eigenvalue weighted by molar-refractivity contribution is 0.409. The zero-order chi connectivity index (χ0) is 19.5. The first kappa shape index (κ1) is 25.3. The number of aliphatic imine (C=N–C) groups is 1. The molecule has 1 aliphatic rings.